The molecule has 1 aromatic rings. The molecule has 0 aliphatic heterocycles. The van der Waals surface area contributed by atoms with Gasteiger partial charge in [-0.2, -0.15) is 5.10 Å². The molecule has 0 bridgehead atoms. The Morgan fingerprint density at radius 3 is 2.80 bits per heavy atom. The molecule has 0 radical (unpaired) electrons. The summed E-state index contributed by atoms with van der Waals surface area (Å²) in [5.41, 5.74) is 6.45. The minimum atomic E-state index is 0.571. The van der Waals surface area contributed by atoms with Crippen LogP contribution in [0.3, 0.4) is 0 Å². The van der Waals surface area contributed by atoms with Crippen molar-refractivity contribution in [1.82, 2.24) is 14.8 Å². The van der Waals surface area contributed by atoms with E-state index < -0.39 is 0 Å². The second-order valence-corrected chi connectivity index (χ2v) is 4.28. The van der Waals surface area contributed by atoms with Crippen LogP contribution in [0.2, 0.25) is 0 Å². The van der Waals surface area contributed by atoms with Crippen LogP contribution in [-0.2, 0) is 6.42 Å². The van der Waals surface area contributed by atoms with Gasteiger partial charge in [0.1, 0.15) is 5.82 Å². The highest BCUT2D eigenvalue weighted by molar-refractivity contribution is 5.40. The summed E-state index contributed by atoms with van der Waals surface area (Å²) < 4.78 is 1.86. The molecule has 1 aromatic heterocycles. The standard InChI is InChI=1S/C11H18N4/c1-4-10-13-11(9-5-7(9)2)14-15(10)8(3)6-12/h6-7,9H,4-5,12H2,1-3H3/b8-6-. The second kappa shape index (κ2) is 3.68. The fourth-order valence-corrected chi connectivity index (χ4v) is 1.78. The fourth-order valence-electron chi connectivity index (χ4n) is 1.78. The Balaban J connectivity index is 2.33. The van der Waals surface area contributed by atoms with Crippen LogP contribution in [0, 0.1) is 5.92 Å². The molecule has 2 rings (SSSR count). The van der Waals surface area contributed by atoms with Crippen LogP contribution in [0.4, 0.5) is 0 Å². The van der Waals surface area contributed by atoms with Crippen LogP contribution in [0.5, 0.6) is 0 Å². The van der Waals surface area contributed by atoms with Crippen LogP contribution < -0.4 is 5.73 Å². The molecule has 15 heavy (non-hydrogen) atoms. The van der Waals surface area contributed by atoms with Crippen LogP contribution in [0.15, 0.2) is 6.20 Å². The van der Waals surface area contributed by atoms with Crippen molar-refractivity contribution in [1.29, 1.82) is 0 Å². The van der Waals surface area contributed by atoms with Crippen LogP contribution in [0.25, 0.3) is 5.70 Å². The number of allylic oxidation sites excluding steroid dienone is 1. The second-order valence-electron chi connectivity index (χ2n) is 4.28. The molecule has 2 N–H and O–H groups in total. The van der Waals surface area contributed by atoms with E-state index in [0.29, 0.717) is 5.92 Å². The average molecular weight is 206 g/mol. The molecule has 1 heterocycles. The van der Waals surface area contributed by atoms with Crippen molar-refractivity contribution < 1.29 is 0 Å². The predicted octanol–water partition coefficient (Wildman–Crippen LogP) is 1.74. The summed E-state index contributed by atoms with van der Waals surface area (Å²) in [6.45, 7) is 6.28. The third kappa shape index (κ3) is 1.76. The number of rotatable bonds is 3. The molecule has 0 saturated heterocycles. The van der Waals surface area contributed by atoms with E-state index in [1.807, 2.05) is 11.6 Å². The molecule has 2 atom stereocenters. The normalized spacial score (nSPS) is 25.7. The van der Waals surface area contributed by atoms with E-state index in [4.69, 9.17) is 5.73 Å². The van der Waals surface area contributed by atoms with Crippen molar-refractivity contribution >= 4 is 5.70 Å². The van der Waals surface area contributed by atoms with E-state index in [1.165, 1.54) is 6.42 Å². The van der Waals surface area contributed by atoms with Crippen LogP contribution in [0.1, 0.15) is 44.8 Å². The molecule has 0 spiro atoms. The first kappa shape index (κ1) is 10.2. The topological polar surface area (TPSA) is 56.7 Å². The molecule has 82 valence electrons. The lowest BCUT2D eigenvalue weighted by atomic mass is 10.3. The maximum Gasteiger partial charge on any atom is 0.154 e. The summed E-state index contributed by atoms with van der Waals surface area (Å²) in [6, 6.07) is 0. The highest BCUT2D eigenvalue weighted by Gasteiger charge is 2.37. The van der Waals surface area contributed by atoms with E-state index in [2.05, 4.69) is 23.9 Å². The summed E-state index contributed by atoms with van der Waals surface area (Å²) in [5.74, 6) is 3.30. The smallest absolute Gasteiger partial charge is 0.154 e. The molecule has 4 nitrogen and oxygen atoms in total. The fraction of sp³-hybridized carbons (Fsp3) is 0.636. The number of aromatic nitrogens is 3. The first-order valence-electron chi connectivity index (χ1n) is 5.52. The van der Waals surface area contributed by atoms with E-state index in [1.54, 1.807) is 6.20 Å². The number of hydrogen-bond acceptors (Lipinski definition) is 3. The molecule has 0 aromatic carbocycles. The van der Waals surface area contributed by atoms with Gasteiger partial charge in [-0.1, -0.05) is 13.8 Å². The van der Waals surface area contributed by atoms with Gasteiger partial charge in [-0.15, -0.1) is 0 Å². The summed E-state index contributed by atoms with van der Waals surface area (Å²) in [4.78, 5) is 4.57. The van der Waals surface area contributed by atoms with Gasteiger partial charge in [0.25, 0.3) is 0 Å². The maximum atomic E-state index is 5.51. The van der Waals surface area contributed by atoms with Gasteiger partial charge < -0.3 is 5.73 Å². The Hall–Kier alpha value is -1.32. The summed E-state index contributed by atoms with van der Waals surface area (Å²) in [7, 11) is 0. The summed E-state index contributed by atoms with van der Waals surface area (Å²) in [5, 5.41) is 4.52. The van der Waals surface area contributed by atoms with Crippen molar-refractivity contribution in [2.24, 2.45) is 11.7 Å². The Morgan fingerprint density at radius 2 is 2.33 bits per heavy atom. The highest BCUT2D eigenvalue weighted by Crippen LogP contribution is 2.45. The zero-order valence-corrected chi connectivity index (χ0v) is 9.57. The quantitative estimate of drug-likeness (QED) is 0.819. The Morgan fingerprint density at radius 1 is 1.67 bits per heavy atom. The number of nitrogens with zero attached hydrogens (tertiary/aromatic N) is 3. The first-order valence-corrected chi connectivity index (χ1v) is 5.52. The monoisotopic (exact) mass is 206 g/mol. The van der Waals surface area contributed by atoms with Crippen molar-refractivity contribution in [2.75, 3.05) is 0 Å². The third-order valence-electron chi connectivity index (χ3n) is 3.02. The molecule has 4 heteroatoms. The number of aryl methyl sites for hydroxylation is 1. The van der Waals surface area contributed by atoms with Gasteiger partial charge in [-0.25, -0.2) is 9.67 Å². The van der Waals surface area contributed by atoms with Crippen molar-refractivity contribution in [3.63, 3.8) is 0 Å². The molecule has 1 saturated carbocycles. The highest BCUT2D eigenvalue weighted by atomic mass is 15.4. The van der Waals surface area contributed by atoms with Crippen molar-refractivity contribution in [3.05, 3.63) is 17.8 Å². The number of hydrogen-bond donors (Lipinski definition) is 1. The van der Waals surface area contributed by atoms with E-state index in [0.717, 1.165) is 29.7 Å². The summed E-state index contributed by atoms with van der Waals surface area (Å²) in [6.07, 6.45) is 3.69. The van der Waals surface area contributed by atoms with Crippen molar-refractivity contribution in [2.45, 2.75) is 39.5 Å². The molecule has 1 fully saturated rings. The average Bonchev–Trinajstić information content (AvgIpc) is 2.83. The minimum Gasteiger partial charge on any atom is -0.403 e. The molecular formula is C11H18N4. The van der Waals surface area contributed by atoms with E-state index in [-0.39, 0.29) is 0 Å². The van der Waals surface area contributed by atoms with Gasteiger partial charge in [0.05, 0.1) is 5.70 Å². The lowest BCUT2D eigenvalue weighted by Crippen LogP contribution is -2.03. The van der Waals surface area contributed by atoms with E-state index in [9.17, 15) is 0 Å². The molecule has 1 aliphatic rings. The summed E-state index contributed by atoms with van der Waals surface area (Å²) >= 11 is 0. The van der Waals surface area contributed by atoms with Gasteiger partial charge in [0.15, 0.2) is 5.82 Å². The van der Waals surface area contributed by atoms with Crippen LogP contribution in [-0.4, -0.2) is 14.8 Å². The lowest BCUT2D eigenvalue weighted by Gasteiger charge is -2.01. The Kier molecular flexibility index (Phi) is 2.50. The van der Waals surface area contributed by atoms with Gasteiger partial charge >= 0.3 is 0 Å². The van der Waals surface area contributed by atoms with Gasteiger partial charge in [-0.3, -0.25) is 0 Å². The van der Waals surface area contributed by atoms with E-state index >= 15 is 0 Å². The molecule has 2 unspecified atom stereocenters. The zero-order chi connectivity index (χ0) is 11.0. The Labute approximate surface area is 90.2 Å². The maximum absolute atomic E-state index is 5.51. The molecule has 0 amide bonds. The third-order valence-corrected chi connectivity index (χ3v) is 3.02. The largest absolute Gasteiger partial charge is 0.403 e. The first-order chi connectivity index (χ1) is 7.17. The minimum absolute atomic E-state index is 0.571. The molecular weight excluding hydrogens is 188 g/mol. The SMILES string of the molecule is CCc1nc(C2CC2C)nn1/C(C)=C\N. The van der Waals surface area contributed by atoms with Crippen molar-refractivity contribution in [3.8, 4) is 0 Å². The predicted molar refractivity (Wildman–Crippen MR) is 60.1 cm³/mol. The van der Waals surface area contributed by atoms with Gasteiger partial charge in [-0.05, 0) is 19.3 Å². The zero-order valence-electron chi connectivity index (χ0n) is 9.57. The Bertz CT molecular complexity index is 391. The lowest BCUT2D eigenvalue weighted by molar-refractivity contribution is 0.788. The van der Waals surface area contributed by atoms with Gasteiger partial charge in [0.2, 0.25) is 0 Å². The van der Waals surface area contributed by atoms with Gasteiger partial charge in [0, 0.05) is 18.5 Å². The number of nitrogens with two attached hydrogens (primary N) is 1. The molecule has 1 aliphatic carbocycles. The van der Waals surface area contributed by atoms with Crippen LogP contribution >= 0.6 is 0 Å².